The van der Waals surface area contributed by atoms with Crippen molar-refractivity contribution < 1.29 is 4.39 Å². The number of halogens is 2. The molecule has 0 saturated heterocycles. The molecule has 2 aromatic rings. The smallest absolute Gasteiger partial charge is 0.146 e. The van der Waals surface area contributed by atoms with Gasteiger partial charge in [0.1, 0.15) is 5.82 Å². The van der Waals surface area contributed by atoms with E-state index in [4.69, 9.17) is 11.6 Å². The summed E-state index contributed by atoms with van der Waals surface area (Å²) in [6.07, 6.45) is 0.854. The Morgan fingerprint density at radius 1 is 1.06 bits per heavy atom. The van der Waals surface area contributed by atoms with Crippen LogP contribution in [0.5, 0.6) is 0 Å². The zero-order valence-corrected chi connectivity index (χ0v) is 10.0. The normalized spacial score (nSPS) is 10.2. The van der Waals surface area contributed by atoms with Gasteiger partial charge in [0.2, 0.25) is 0 Å². The second-order valence-corrected chi connectivity index (χ2v) is 4.22. The van der Waals surface area contributed by atoms with Gasteiger partial charge in [-0.3, -0.25) is 0 Å². The maximum absolute atomic E-state index is 13.4. The molecule has 0 saturated carbocycles. The molecule has 2 aromatic carbocycles. The number of hydrogen-bond acceptors (Lipinski definition) is 1. The monoisotopic (exact) mass is 249 g/mol. The van der Waals surface area contributed by atoms with Crippen LogP contribution in [0.3, 0.4) is 0 Å². The fourth-order valence-corrected chi connectivity index (χ4v) is 1.79. The molecule has 0 atom stereocenters. The zero-order chi connectivity index (χ0) is 12.1. The van der Waals surface area contributed by atoms with Gasteiger partial charge in [-0.25, -0.2) is 4.39 Å². The van der Waals surface area contributed by atoms with E-state index in [1.54, 1.807) is 12.1 Å². The Morgan fingerprint density at radius 3 is 2.59 bits per heavy atom. The molecule has 88 valence electrons. The lowest BCUT2D eigenvalue weighted by Gasteiger charge is -2.07. The zero-order valence-electron chi connectivity index (χ0n) is 9.29. The molecule has 0 aliphatic heterocycles. The van der Waals surface area contributed by atoms with Crippen LogP contribution in [0.25, 0.3) is 0 Å². The number of anilines is 1. The summed E-state index contributed by atoms with van der Waals surface area (Å²) >= 11 is 5.81. The molecule has 0 bridgehead atoms. The first-order valence-corrected chi connectivity index (χ1v) is 5.86. The topological polar surface area (TPSA) is 12.0 Å². The standard InChI is InChI=1S/C14H13ClFN/c15-12-6-7-13(16)14(10-12)17-9-8-11-4-2-1-3-5-11/h1-7,10,17H,8-9H2. The Bertz CT molecular complexity index is 485. The van der Waals surface area contributed by atoms with Crippen molar-refractivity contribution in [2.24, 2.45) is 0 Å². The highest BCUT2D eigenvalue weighted by Crippen LogP contribution is 2.19. The molecule has 1 N–H and O–H groups in total. The summed E-state index contributed by atoms with van der Waals surface area (Å²) in [5.74, 6) is -0.275. The van der Waals surface area contributed by atoms with Gasteiger partial charge in [0.15, 0.2) is 0 Å². The Hall–Kier alpha value is -1.54. The van der Waals surface area contributed by atoms with Crippen LogP contribution < -0.4 is 5.32 Å². The third kappa shape index (κ3) is 3.46. The van der Waals surface area contributed by atoms with Crippen LogP contribution in [-0.4, -0.2) is 6.54 Å². The molecule has 0 amide bonds. The summed E-state index contributed by atoms with van der Waals surface area (Å²) in [5, 5.41) is 3.58. The molecular weight excluding hydrogens is 237 g/mol. The molecule has 1 nitrogen and oxygen atoms in total. The summed E-state index contributed by atoms with van der Waals surface area (Å²) in [7, 11) is 0. The van der Waals surface area contributed by atoms with Crippen molar-refractivity contribution in [3.8, 4) is 0 Å². The van der Waals surface area contributed by atoms with Crippen molar-refractivity contribution in [1.29, 1.82) is 0 Å². The summed E-state index contributed by atoms with van der Waals surface area (Å²) in [6.45, 7) is 0.682. The predicted molar refractivity (Wildman–Crippen MR) is 70.0 cm³/mol. The minimum Gasteiger partial charge on any atom is -0.382 e. The van der Waals surface area contributed by atoms with Gasteiger partial charge < -0.3 is 5.32 Å². The van der Waals surface area contributed by atoms with Crippen LogP contribution in [0.15, 0.2) is 48.5 Å². The van der Waals surface area contributed by atoms with Crippen LogP contribution in [0.4, 0.5) is 10.1 Å². The van der Waals surface area contributed by atoms with Crippen molar-refractivity contribution in [1.82, 2.24) is 0 Å². The average molecular weight is 250 g/mol. The van der Waals surface area contributed by atoms with Crippen LogP contribution in [0.1, 0.15) is 5.56 Å². The van der Waals surface area contributed by atoms with E-state index in [1.807, 2.05) is 18.2 Å². The molecule has 0 aliphatic rings. The third-order valence-electron chi connectivity index (χ3n) is 2.50. The molecular formula is C14H13ClFN. The largest absolute Gasteiger partial charge is 0.382 e. The van der Waals surface area contributed by atoms with Gasteiger partial charge in [0, 0.05) is 11.6 Å². The highest BCUT2D eigenvalue weighted by molar-refractivity contribution is 6.30. The highest BCUT2D eigenvalue weighted by Gasteiger charge is 2.01. The summed E-state index contributed by atoms with van der Waals surface area (Å²) in [6, 6.07) is 14.6. The molecule has 3 heteroatoms. The maximum Gasteiger partial charge on any atom is 0.146 e. The molecule has 0 aromatic heterocycles. The lowest BCUT2D eigenvalue weighted by Crippen LogP contribution is -2.06. The van der Waals surface area contributed by atoms with E-state index in [0.29, 0.717) is 17.3 Å². The molecule has 0 heterocycles. The van der Waals surface area contributed by atoms with Crippen LogP contribution in [0.2, 0.25) is 5.02 Å². The lowest BCUT2D eigenvalue weighted by atomic mass is 10.1. The minimum absolute atomic E-state index is 0.275. The van der Waals surface area contributed by atoms with E-state index in [2.05, 4.69) is 17.4 Å². The molecule has 0 unspecified atom stereocenters. The first-order chi connectivity index (χ1) is 8.25. The summed E-state index contributed by atoms with van der Waals surface area (Å²) in [4.78, 5) is 0. The Balaban J connectivity index is 1.92. The van der Waals surface area contributed by atoms with E-state index >= 15 is 0 Å². The van der Waals surface area contributed by atoms with Crippen molar-refractivity contribution >= 4 is 17.3 Å². The number of hydrogen-bond donors (Lipinski definition) is 1. The fraction of sp³-hybridized carbons (Fsp3) is 0.143. The van der Waals surface area contributed by atoms with E-state index < -0.39 is 0 Å². The van der Waals surface area contributed by atoms with E-state index in [1.165, 1.54) is 11.6 Å². The number of benzene rings is 2. The van der Waals surface area contributed by atoms with Crippen LogP contribution in [0, 0.1) is 5.82 Å². The summed E-state index contributed by atoms with van der Waals surface area (Å²) < 4.78 is 13.4. The summed E-state index contributed by atoms with van der Waals surface area (Å²) in [5.41, 5.74) is 1.68. The van der Waals surface area contributed by atoms with Gasteiger partial charge in [-0.05, 0) is 30.2 Å². The fourth-order valence-electron chi connectivity index (χ4n) is 1.62. The van der Waals surface area contributed by atoms with Crippen molar-refractivity contribution in [3.63, 3.8) is 0 Å². The first kappa shape index (κ1) is 11.9. The Labute approximate surface area is 105 Å². The molecule has 0 radical (unpaired) electrons. The highest BCUT2D eigenvalue weighted by atomic mass is 35.5. The minimum atomic E-state index is -0.275. The second-order valence-electron chi connectivity index (χ2n) is 3.79. The van der Waals surface area contributed by atoms with Gasteiger partial charge in [-0.15, -0.1) is 0 Å². The second kappa shape index (κ2) is 5.69. The van der Waals surface area contributed by atoms with Gasteiger partial charge in [-0.2, -0.15) is 0 Å². The first-order valence-electron chi connectivity index (χ1n) is 5.48. The average Bonchev–Trinajstić information content (AvgIpc) is 2.35. The molecule has 17 heavy (non-hydrogen) atoms. The molecule has 2 rings (SSSR count). The molecule has 0 aliphatic carbocycles. The van der Waals surface area contributed by atoms with Crippen molar-refractivity contribution in [3.05, 3.63) is 64.9 Å². The maximum atomic E-state index is 13.4. The van der Waals surface area contributed by atoms with E-state index in [9.17, 15) is 4.39 Å². The van der Waals surface area contributed by atoms with E-state index in [-0.39, 0.29) is 5.82 Å². The van der Waals surface area contributed by atoms with E-state index in [0.717, 1.165) is 6.42 Å². The Morgan fingerprint density at radius 2 is 1.82 bits per heavy atom. The van der Waals surface area contributed by atoms with Gasteiger partial charge in [0.05, 0.1) is 5.69 Å². The lowest BCUT2D eigenvalue weighted by molar-refractivity contribution is 0.630. The Kier molecular flexibility index (Phi) is 3.99. The molecule has 0 spiro atoms. The van der Waals surface area contributed by atoms with Gasteiger partial charge >= 0.3 is 0 Å². The number of nitrogens with one attached hydrogen (secondary N) is 1. The van der Waals surface area contributed by atoms with Crippen LogP contribution >= 0.6 is 11.6 Å². The van der Waals surface area contributed by atoms with Crippen LogP contribution in [-0.2, 0) is 6.42 Å². The SMILES string of the molecule is Fc1ccc(Cl)cc1NCCc1ccccc1. The van der Waals surface area contributed by atoms with Crippen molar-refractivity contribution in [2.45, 2.75) is 6.42 Å². The third-order valence-corrected chi connectivity index (χ3v) is 2.74. The molecule has 0 fully saturated rings. The van der Waals surface area contributed by atoms with Gasteiger partial charge in [-0.1, -0.05) is 41.9 Å². The number of rotatable bonds is 4. The predicted octanol–water partition coefficient (Wildman–Crippen LogP) is 4.13. The van der Waals surface area contributed by atoms with Crippen molar-refractivity contribution in [2.75, 3.05) is 11.9 Å². The van der Waals surface area contributed by atoms with Gasteiger partial charge in [0.25, 0.3) is 0 Å². The quantitative estimate of drug-likeness (QED) is 0.859.